The van der Waals surface area contributed by atoms with E-state index in [4.69, 9.17) is 0 Å². The van der Waals surface area contributed by atoms with E-state index in [-0.39, 0.29) is 47.5 Å². The lowest BCUT2D eigenvalue weighted by Gasteiger charge is -2.29. The van der Waals surface area contributed by atoms with Gasteiger partial charge in [0.2, 0.25) is 0 Å². The highest BCUT2D eigenvalue weighted by molar-refractivity contribution is 5.85. The van der Waals surface area contributed by atoms with Crippen LogP contribution in [0.25, 0.3) is 0 Å². The Morgan fingerprint density at radius 3 is 2.43 bits per heavy atom. The van der Waals surface area contributed by atoms with Crippen LogP contribution in [0.1, 0.15) is 83.3 Å². The predicted octanol–water partition coefficient (Wildman–Crippen LogP) is 8.79. The van der Waals surface area contributed by atoms with Crippen molar-refractivity contribution in [3.8, 4) is 0 Å². The van der Waals surface area contributed by atoms with Crippen molar-refractivity contribution < 1.29 is 22.0 Å². The zero-order chi connectivity index (χ0) is 28.0. The standard InChI is InChI=1S/C29H38F5N3/c1-8-10-11-15-28(5,34)23-14-12-13-21(25(23)31)19(3)22(18-37(7)29(16-17-29)27(32)33)26(24(30)9-2)36-20(4)35-6/h9,12-14,18-19,27H,2,6,8,10-11,15-17H2,1,3-5,7H3/b22-18-,26-24-,36-20?. The Morgan fingerprint density at radius 1 is 1.27 bits per heavy atom. The molecular formula is C29H38F5N3. The largest absolute Gasteiger partial charge is 0.369 e. The lowest BCUT2D eigenvalue weighted by Crippen LogP contribution is -2.36. The molecule has 2 rings (SSSR count). The van der Waals surface area contributed by atoms with Crippen LogP contribution in [0.2, 0.25) is 0 Å². The van der Waals surface area contributed by atoms with Crippen LogP contribution in [-0.2, 0) is 5.67 Å². The molecule has 0 aromatic heterocycles. The van der Waals surface area contributed by atoms with Gasteiger partial charge in [-0.15, -0.1) is 0 Å². The fourth-order valence-electron chi connectivity index (χ4n) is 4.41. The van der Waals surface area contributed by atoms with Gasteiger partial charge in [0, 0.05) is 30.3 Å². The third-order valence-corrected chi connectivity index (χ3v) is 7.16. The fourth-order valence-corrected chi connectivity index (χ4v) is 4.41. The first-order valence-electron chi connectivity index (χ1n) is 12.6. The van der Waals surface area contributed by atoms with E-state index in [1.165, 1.54) is 44.1 Å². The molecule has 0 bridgehead atoms. The third kappa shape index (κ3) is 6.96. The van der Waals surface area contributed by atoms with Gasteiger partial charge in [-0.2, -0.15) is 0 Å². The van der Waals surface area contributed by atoms with Crippen LogP contribution in [0.5, 0.6) is 0 Å². The van der Waals surface area contributed by atoms with Gasteiger partial charge in [-0.1, -0.05) is 51.5 Å². The zero-order valence-corrected chi connectivity index (χ0v) is 22.4. The Morgan fingerprint density at radius 2 is 1.92 bits per heavy atom. The first-order chi connectivity index (χ1) is 17.4. The van der Waals surface area contributed by atoms with Gasteiger partial charge in [0.15, 0.2) is 0 Å². The quantitative estimate of drug-likeness (QED) is 0.0835. The molecule has 1 aromatic rings. The molecule has 8 heteroatoms. The Kier molecular flexibility index (Phi) is 10.4. The van der Waals surface area contributed by atoms with Gasteiger partial charge >= 0.3 is 0 Å². The molecule has 2 atom stereocenters. The summed E-state index contributed by atoms with van der Waals surface area (Å²) in [5, 5.41) is 0. The number of alkyl halides is 3. The summed E-state index contributed by atoms with van der Waals surface area (Å²) < 4.78 is 74.3. The van der Waals surface area contributed by atoms with Gasteiger partial charge in [0.1, 0.15) is 34.4 Å². The summed E-state index contributed by atoms with van der Waals surface area (Å²) in [5.74, 6) is -2.32. The van der Waals surface area contributed by atoms with Crippen molar-refractivity contribution >= 4 is 12.6 Å². The Balaban J connectivity index is 2.70. The molecule has 37 heavy (non-hydrogen) atoms. The van der Waals surface area contributed by atoms with Crippen LogP contribution in [0.4, 0.5) is 22.0 Å². The first-order valence-corrected chi connectivity index (χ1v) is 12.6. The highest BCUT2D eigenvalue weighted by Gasteiger charge is 2.54. The normalized spacial score (nSPS) is 18.7. The van der Waals surface area contributed by atoms with E-state index in [2.05, 4.69) is 23.3 Å². The number of hydrogen-bond donors (Lipinski definition) is 0. The molecule has 1 aliphatic carbocycles. The topological polar surface area (TPSA) is 28.0 Å². The van der Waals surface area contributed by atoms with E-state index in [1.54, 1.807) is 13.0 Å². The van der Waals surface area contributed by atoms with E-state index < -0.39 is 35.2 Å². The van der Waals surface area contributed by atoms with E-state index in [9.17, 15) is 8.78 Å². The maximum Gasteiger partial charge on any atom is 0.261 e. The van der Waals surface area contributed by atoms with E-state index in [0.717, 1.165) is 18.9 Å². The minimum Gasteiger partial charge on any atom is -0.369 e. The van der Waals surface area contributed by atoms with Gasteiger partial charge in [0.25, 0.3) is 6.43 Å². The Hall–Kier alpha value is -2.77. The minimum absolute atomic E-state index is 0.0888. The van der Waals surface area contributed by atoms with Crippen LogP contribution in [0.3, 0.4) is 0 Å². The summed E-state index contributed by atoms with van der Waals surface area (Å²) in [7, 11) is 1.48. The third-order valence-electron chi connectivity index (χ3n) is 7.16. The van der Waals surface area contributed by atoms with Gasteiger partial charge in [-0.3, -0.25) is 0 Å². The van der Waals surface area contributed by atoms with Gasteiger partial charge in [-0.05, 0) is 57.9 Å². The number of halogens is 5. The molecule has 0 N–H and O–H groups in total. The minimum atomic E-state index is -2.63. The molecule has 1 saturated carbocycles. The van der Waals surface area contributed by atoms with Gasteiger partial charge in [0.05, 0.1) is 0 Å². The lowest BCUT2D eigenvalue weighted by atomic mass is 9.85. The van der Waals surface area contributed by atoms with Crippen molar-refractivity contribution in [1.29, 1.82) is 0 Å². The van der Waals surface area contributed by atoms with Crippen molar-refractivity contribution in [1.82, 2.24) is 4.90 Å². The number of nitrogens with zero attached hydrogens (tertiary/aromatic N) is 3. The second-order valence-corrected chi connectivity index (χ2v) is 9.90. The zero-order valence-electron chi connectivity index (χ0n) is 22.4. The molecule has 0 amide bonds. The number of benzene rings is 1. The molecule has 0 spiro atoms. The predicted molar refractivity (Wildman–Crippen MR) is 142 cm³/mol. The summed E-state index contributed by atoms with van der Waals surface area (Å²) >= 11 is 0. The molecular weight excluding hydrogens is 485 g/mol. The van der Waals surface area contributed by atoms with E-state index in [1.807, 2.05) is 6.92 Å². The van der Waals surface area contributed by atoms with Gasteiger partial charge < -0.3 is 4.90 Å². The first kappa shape index (κ1) is 30.5. The van der Waals surface area contributed by atoms with E-state index >= 15 is 13.2 Å². The van der Waals surface area contributed by atoms with Crippen LogP contribution >= 0.6 is 0 Å². The van der Waals surface area contributed by atoms with Gasteiger partial charge in [-0.25, -0.2) is 31.9 Å². The number of unbranched alkanes of at least 4 members (excludes halogenated alkanes) is 2. The monoisotopic (exact) mass is 523 g/mol. The SMILES string of the molecule is C=C/C(F)=C(N=C(C)N=C)\C(=C/N(C)C1(C(F)F)CC1)C(C)c1cccc(C(C)(F)CCCCC)c1F. The summed E-state index contributed by atoms with van der Waals surface area (Å²) in [5.41, 5.74) is -3.36. The molecule has 3 nitrogen and oxygen atoms in total. The van der Waals surface area contributed by atoms with E-state index in [0.29, 0.717) is 6.42 Å². The lowest BCUT2D eigenvalue weighted by molar-refractivity contribution is 0.0416. The maximum absolute atomic E-state index is 15.9. The smallest absolute Gasteiger partial charge is 0.261 e. The molecule has 1 fully saturated rings. The van der Waals surface area contributed by atoms with Crippen LogP contribution in [0.15, 0.2) is 64.1 Å². The van der Waals surface area contributed by atoms with Crippen molar-refractivity contribution in [2.24, 2.45) is 9.98 Å². The number of hydrogen-bond acceptors (Lipinski definition) is 2. The maximum atomic E-state index is 15.9. The number of allylic oxidation sites excluding steroid dienone is 3. The second-order valence-electron chi connectivity index (χ2n) is 9.90. The summed E-state index contributed by atoms with van der Waals surface area (Å²) in [6, 6.07) is 4.46. The summed E-state index contributed by atoms with van der Waals surface area (Å²) in [6.07, 6.45) is 2.71. The fraction of sp³-hybridized carbons (Fsp3) is 0.517. The molecule has 0 heterocycles. The van der Waals surface area contributed by atoms with Crippen molar-refractivity contribution in [2.75, 3.05) is 7.05 Å². The molecule has 204 valence electrons. The molecule has 1 aromatic carbocycles. The average molecular weight is 524 g/mol. The number of aliphatic imine (C=N–C) groups is 2. The van der Waals surface area contributed by atoms with Crippen molar-refractivity contribution in [3.05, 3.63) is 71.1 Å². The molecule has 0 aliphatic heterocycles. The van der Waals surface area contributed by atoms with Crippen molar-refractivity contribution in [2.45, 2.75) is 89.8 Å². The molecule has 0 radical (unpaired) electrons. The Bertz CT molecular complexity index is 1070. The molecule has 0 saturated heterocycles. The number of amidine groups is 1. The number of rotatable bonds is 13. The van der Waals surface area contributed by atoms with Crippen LogP contribution in [-0.4, -0.2) is 36.5 Å². The summed E-state index contributed by atoms with van der Waals surface area (Å²) in [4.78, 5) is 9.26. The second kappa shape index (κ2) is 12.7. The van der Waals surface area contributed by atoms with Crippen molar-refractivity contribution in [3.63, 3.8) is 0 Å². The molecule has 1 aliphatic rings. The highest BCUT2D eigenvalue weighted by Crippen LogP contribution is 2.47. The Labute approximate surface area is 217 Å². The van der Waals surface area contributed by atoms with Crippen LogP contribution < -0.4 is 0 Å². The average Bonchev–Trinajstić information content (AvgIpc) is 3.67. The van der Waals surface area contributed by atoms with Crippen LogP contribution in [0, 0.1) is 5.82 Å². The molecule has 2 unspecified atom stereocenters. The highest BCUT2D eigenvalue weighted by atomic mass is 19.3. The summed E-state index contributed by atoms with van der Waals surface area (Å²) in [6.45, 7) is 13.3.